The first kappa shape index (κ1) is 26.4. The molecule has 1 aromatic carbocycles. The van der Waals surface area contributed by atoms with Crippen molar-refractivity contribution in [2.24, 2.45) is 0 Å². The van der Waals surface area contributed by atoms with Crippen LogP contribution in [0.25, 0.3) is 28.0 Å². The first-order chi connectivity index (χ1) is 18.5. The molecule has 0 bridgehead atoms. The van der Waals surface area contributed by atoms with Crippen LogP contribution in [0, 0.1) is 0 Å². The van der Waals surface area contributed by atoms with Gasteiger partial charge in [0.05, 0.1) is 35.6 Å². The average molecular weight is 544 g/mol. The fourth-order valence-corrected chi connectivity index (χ4v) is 4.63. The van der Waals surface area contributed by atoms with Crippen LogP contribution >= 0.6 is 0 Å². The Morgan fingerprint density at radius 1 is 1.15 bits per heavy atom. The van der Waals surface area contributed by atoms with Gasteiger partial charge in [0.15, 0.2) is 11.5 Å². The minimum Gasteiger partial charge on any atom is -0.332 e. The molecule has 9 nitrogen and oxygen atoms in total. The van der Waals surface area contributed by atoms with Gasteiger partial charge < -0.3 is 9.80 Å². The molecule has 1 fully saturated rings. The molecule has 4 aromatic rings. The number of alkyl halides is 3. The van der Waals surface area contributed by atoms with E-state index in [9.17, 15) is 27.2 Å². The van der Waals surface area contributed by atoms with Gasteiger partial charge in [-0.2, -0.15) is 18.3 Å². The molecule has 0 spiro atoms. The topological polar surface area (TPSA) is 81.2 Å². The molecule has 0 saturated carbocycles. The molecule has 0 N–H and O–H groups in total. The molecule has 1 amide bonds. The number of pyridine rings is 1. The number of nitrogens with zero attached hydrogens (tertiary/aromatic N) is 7. The van der Waals surface area contributed by atoms with Gasteiger partial charge in [-0.15, -0.1) is 0 Å². The Morgan fingerprint density at radius 3 is 2.46 bits per heavy atom. The summed E-state index contributed by atoms with van der Waals surface area (Å²) in [6, 6.07) is 5.45. The van der Waals surface area contributed by atoms with E-state index in [-0.39, 0.29) is 24.4 Å². The Kier molecular flexibility index (Phi) is 6.62. The van der Waals surface area contributed by atoms with E-state index in [0.717, 1.165) is 18.7 Å². The SMILES string of the molecule is C=C(F)C(=O)N1CC(n2c(=O)n(-c3ccc(C(F)(F)F)cc3)c3nccc(-c4cnn(CCN(C)C)c4)c32)C1. The number of halogens is 4. The van der Waals surface area contributed by atoms with Gasteiger partial charge in [0.2, 0.25) is 0 Å². The van der Waals surface area contributed by atoms with Crippen LogP contribution in [0.15, 0.2) is 66.1 Å². The quantitative estimate of drug-likeness (QED) is 0.263. The Balaban J connectivity index is 1.64. The number of fused-ring (bicyclic) bond motifs is 1. The number of amides is 1. The number of likely N-dealkylation sites (tertiary alicyclic amines) is 1. The van der Waals surface area contributed by atoms with Crippen molar-refractivity contribution in [2.45, 2.75) is 18.8 Å². The van der Waals surface area contributed by atoms with Crippen LogP contribution in [-0.4, -0.2) is 73.3 Å². The number of carbonyl (C=O) groups excluding carboxylic acids is 1. The van der Waals surface area contributed by atoms with Gasteiger partial charge in [-0.1, -0.05) is 6.58 Å². The Hall–Kier alpha value is -4.26. The van der Waals surface area contributed by atoms with Gasteiger partial charge in [0, 0.05) is 43.2 Å². The molecular formula is C26H25F4N7O2. The zero-order valence-corrected chi connectivity index (χ0v) is 21.2. The minimum absolute atomic E-state index is 0.0598. The highest BCUT2D eigenvalue weighted by molar-refractivity contribution is 5.92. The van der Waals surface area contributed by atoms with E-state index < -0.39 is 35.2 Å². The first-order valence-electron chi connectivity index (χ1n) is 12.1. The van der Waals surface area contributed by atoms with E-state index >= 15 is 0 Å². The van der Waals surface area contributed by atoms with Crippen molar-refractivity contribution in [3.05, 3.63) is 77.4 Å². The molecule has 1 saturated heterocycles. The molecule has 39 heavy (non-hydrogen) atoms. The molecule has 0 atom stereocenters. The van der Waals surface area contributed by atoms with Gasteiger partial charge >= 0.3 is 11.9 Å². The summed E-state index contributed by atoms with van der Waals surface area (Å²) in [5.41, 5.74) is 0.834. The fourth-order valence-electron chi connectivity index (χ4n) is 4.63. The molecule has 5 rings (SSSR count). The second-order valence-electron chi connectivity index (χ2n) is 9.63. The normalized spacial score (nSPS) is 14.3. The maximum Gasteiger partial charge on any atom is 0.416 e. The molecule has 0 unspecified atom stereocenters. The predicted molar refractivity (Wildman–Crippen MR) is 136 cm³/mol. The number of hydrogen-bond donors (Lipinski definition) is 0. The summed E-state index contributed by atoms with van der Waals surface area (Å²) in [7, 11) is 3.90. The second kappa shape index (κ2) is 9.80. The number of hydrogen-bond acceptors (Lipinski definition) is 5. The largest absolute Gasteiger partial charge is 0.416 e. The molecule has 4 heterocycles. The number of likely N-dealkylation sites (N-methyl/N-ethyl adjacent to an activating group) is 1. The standard InChI is InChI=1S/C26H25F4N7O2/c1-16(27)24(38)34-14-20(15-34)36-22-21(17-12-32-35(13-17)11-10-33(2)3)8-9-31-23(22)37(25(36)39)19-6-4-18(5-7-19)26(28,29)30/h4-9,12-13,20H,1,10-11,14-15H2,2-3H3. The first-order valence-corrected chi connectivity index (χ1v) is 12.1. The summed E-state index contributed by atoms with van der Waals surface area (Å²) in [6.07, 6.45) is 0.492. The van der Waals surface area contributed by atoms with Crippen molar-refractivity contribution < 1.29 is 22.4 Å². The molecule has 1 aliphatic rings. The molecule has 1 aliphatic heterocycles. The van der Waals surface area contributed by atoms with E-state index in [4.69, 9.17) is 0 Å². The second-order valence-corrected chi connectivity index (χ2v) is 9.63. The van der Waals surface area contributed by atoms with Crippen molar-refractivity contribution >= 4 is 17.1 Å². The predicted octanol–water partition coefficient (Wildman–Crippen LogP) is 3.50. The third-order valence-electron chi connectivity index (χ3n) is 6.68. The summed E-state index contributed by atoms with van der Waals surface area (Å²) in [5, 5.41) is 4.42. The van der Waals surface area contributed by atoms with Crippen LogP contribution in [0.4, 0.5) is 17.6 Å². The van der Waals surface area contributed by atoms with Crippen molar-refractivity contribution in [1.82, 2.24) is 33.7 Å². The smallest absolute Gasteiger partial charge is 0.332 e. The van der Waals surface area contributed by atoms with Crippen LogP contribution in [-0.2, 0) is 17.5 Å². The minimum atomic E-state index is -4.53. The highest BCUT2D eigenvalue weighted by atomic mass is 19.4. The van der Waals surface area contributed by atoms with Gasteiger partial charge in [0.1, 0.15) is 0 Å². The number of imidazole rings is 1. The van der Waals surface area contributed by atoms with Gasteiger partial charge in [-0.3, -0.25) is 14.0 Å². The van der Waals surface area contributed by atoms with E-state index in [1.807, 2.05) is 25.2 Å². The summed E-state index contributed by atoms with van der Waals surface area (Å²) < 4.78 is 57.4. The third-order valence-corrected chi connectivity index (χ3v) is 6.68. The average Bonchev–Trinajstić information content (AvgIpc) is 3.44. The number of carbonyl (C=O) groups is 1. The third kappa shape index (κ3) is 4.85. The van der Waals surface area contributed by atoms with Gasteiger partial charge in [-0.25, -0.2) is 18.7 Å². The van der Waals surface area contributed by atoms with E-state index in [2.05, 4.69) is 16.7 Å². The molecule has 13 heteroatoms. The van der Waals surface area contributed by atoms with E-state index in [1.165, 1.54) is 32.4 Å². The highest BCUT2D eigenvalue weighted by Crippen LogP contribution is 2.34. The zero-order chi connectivity index (χ0) is 28.1. The number of aromatic nitrogens is 5. The fraction of sp³-hybridized carbons (Fsp3) is 0.308. The number of rotatable bonds is 7. The lowest BCUT2D eigenvalue weighted by Gasteiger charge is -2.39. The molecule has 204 valence electrons. The molecular weight excluding hydrogens is 518 g/mol. The summed E-state index contributed by atoms with van der Waals surface area (Å²) in [4.78, 5) is 33.5. The Labute approximate surface area is 220 Å². The highest BCUT2D eigenvalue weighted by Gasteiger charge is 2.37. The van der Waals surface area contributed by atoms with Crippen molar-refractivity contribution in [3.63, 3.8) is 0 Å². The molecule has 0 radical (unpaired) electrons. The summed E-state index contributed by atoms with van der Waals surface area (Å²) in [5.74, 6) is -1.95. The van der Waals surface area contributed by atoms with E-state index in [1.54, 1.807) is 16.9 Å². The van der Waals surface area contributed by atoms with Crippen LogP contribution in [0.3, 0.4) is 0 Å². The Bertz CT molecular complexity index is 1610. The maximum atomic E-state index is 13.8. The Morgan fingerprint density at radius 2 is 1.85 bits per heavy atom. The van der Waals surface area contributed by atoms with Crippen molar-refractivity contribution in [3.8, 4) is 16.8 Å². The lowest BCUT2D eigenvalue weighted by molar-refractivity contribution is -0.137. The van der Waals surface area contributed by atoms with Crippen molar-refractivity contribution in [2.75, 3.05) is 33.7 Å². The van der Waals surface area contributed by atoms with Gasteiger partial charge in [0.25, 0.3) is 5.91 Å². The van der Waals surface area contributed by atoms with Gasteiger partial charge in [-0.05, 0) is 44.4 Å². The molecule has 3 aromatic heterocycles. The lowest BCUT2D eigenvalue weighted by Crippen LogP contribution is -2.52. The zero-order valence-electron chi connectivity index (χ0n) is 21.2. The number of benzene rings is 1. The maximum absolute atomic E-state index is 13.8. The monoisotopic (exact) mass is 543 g/mol. The molecule has 0 aliphatic carbocycles. The van der Waals surface area contributed by atoms with Crippen LogP contribution in [0.2, 0.25) is 0 Å². The summed E-state index contributed by atoms with van der Waals surface area (Å²) >= 11 is 0. The lowest BCUT2D eigenvalue weighted by atomic mass is 10.1. The van der Waals surface area contributed by atoms with Crippen molar-refractivity contribution in [1.29, 1.82) is 0 Å². The summed E-state index contributed by atoms with van der Waals surface area (Å²) in [6.45, 7) is 4.55. The van der Waals surface area contributed by atoms with Crippen LogP contribution in [0.1, 0.15) is 11.6 Å². The van der Waals surface area contributed by atoms with Crippen LogP contribution < -0.4 is 5.69 Å². The van der Waals surface area contributed by atoms with Crippen LogP contribution in [0.5, 0.6) is 0 Å². The van der Waals surface area contributed by atoms with E-state index in [0.29, 0.717) is 23.2 Å².